The van der Waals surface area contributed by atoms with E-state index in [2.05, 4.69) is 31.0 Å². The Bertz CT molecular complexity index is 687. The molecule has 0 saturated heterocycles. The molecule has 0 saturated carbocycles. The van der Waals surface area contributed by atoms with Crippen molar-refractivity contribution in [3.63, 3.8) is 0 Å². The number of hydrogen-bond donors (Lipinski definition) is 2. The van der Waals surface area contributed by atoms with Crippen LogP contribution in [0.4, 0.5) is 5.82 Å². The van der Waals surface area contributed by atoms with E-state index in [9.17, 15) is 8.42 Å². The normalized spacial score (nSPS) is 11.3. The molecule has 0 aliphatic carbocycles. The number of nitrogens with one attached hydrogen (secondary N) is 2. The quantitative estimate of drug-likeness (QED) is 0.863. The van der Waals surface area contributed by atoms with Gasteiger partial charge in [0.1, 0.15) is 5.82 Å². The molecule has 5 nitrogen and oxygen atoms in total. The Morgan fingerprint density at radius 1 is 1.20 bits per heavy atom. The van der Waals surface area contributed by atoms with Crippen molar-refractivity contribution < 1.29 is 8.42 Å². The number of halogens is 1. The first-order valence-electron chi connectivity index (χ1n) is 5.90. The van der Waals surface area contributed by atoms with Gasteiger partial charge in [0.25, 0.3) is 0 Å². The lowest BCUT2D eigenvalue weighted by Gasteiger charge is -2.11. The fraction of sp³-hybridized carbons (Fsp3) is 0.154. The summed E-state index contributed by atoms with van der Waals surface area (Å²) in [4.78, 5) is 4.45. The average molecular weight is 356 g/mol. The lowest BCUT2D eigenvalue weighted by atomic mass is 10.2. The number of benzene rings is 1. The van der Waals surface area contributed by atoms with Crippen LogP contribution in [0.5, 0.6) is 0 Å². The van der Waals surface area contributed by atoms with E-state index in [4.69, 9.17) is 0 Å². The summed E-state index contributed by atoms with van der Waals surface area (Å²) in [6, 6.07) is 10.5. The maximum atomic E-state index is 11.9. The standard InChI is InChI=1S/C13H14BrN3O2S/c1-15-20(18,19)12-5-3-2-4-10(12)8-16-13-7-6-11(14)9-17-13/h2-7,9,15H,8H2,1H3,(H,16,17). The van der Waals surface area contributed by atoms with E-state index in [-0.39, 0.29) is 4.90 Å². The van der Waals surface area contributed by atoms with E-state index in [1.807, 2.05) is 12.1 Å². The number of nitrogens with zero attached hydrogens (tertiary/aromatic N) is 1. The molecule has 1 aromatic carbocycles. The zero-order valence-electron chi connectivity index (χ0n) is 10.8. The second kappa shape index (κ2) is 6.34. The first-order chi connectivity index (χ1) is 9.53. The second-order valence-corrected chi connectivity index (χ2v) is 6.80. The fourth-order valence-electron chi connectivity index (χ4n) is 1.69. The molecule has 0 unspecified atom stereocenters. The van der Waals surface area contributed by atoms with Crippen LogP contribution >= 0.6 is 15.9 Å². The molecule has 1 aromatic heterocycles. The van der Waals surface area contributed by atoms with Crippen molar-refractivity contribution in [2.45, 2.75) is 11.4 Å². The van der Waals surface area contributed by atoms with Gasteiger partial charge in [0.2, 0.25) is 10.0 Å². The van der Waals surface area contributed by atoms with Gasteiger partial charge in [-0.05, 0) is 46.7 Å². The van der Waals surface area contributed by atoms with Gasteiger partial charge in [-0.3, -0.25) is 0 Å². The molecule has 0 spiro atoms. The SMILES string of the molecule is CNS(=O)(=O)c1ccccc1CNc1ccc(Br)cn1. The Hall–Kier alpha value is -1.44. The van der Waals surface area contributed by atoms with Gasteiger partial charge in [-0.25, -0.2) is 18.1 Å². The van der Waals surface area contributed by atoms with E-state index >= 15 is 0 Å². The van der Waals surface area contributed by atoms with Gasteiger partial charge >= 0.3 is 0 Å². The van der Waals surface area contributed by atoms with Crippen LogP contribution in [0.1, 0.15) is 5.56 Å². The third-order valence-electron chi connectivity index (χ3n) is 2.72. The Labute approximate surface area is 126 Å². The molecule has 0 amide bonds. The molecule has 2 aromatic rings. The molecule has 0 atom stereocenters. The van der Waals surface area contributed by atoms with Crippen LogP contribution in [0.25, 0.3) is 0 Å². The summed E-state index contributed by atoms with van der Waals surface area (Å²) < 4.78 is 27.1. The van der Waals surface area contributed by atoms with Gasteiger partial charge in [-0.15, -0.1) is 0 Å². The zero-order chi connectivity index (χ0) is 14.6. The summed E-state index contributed by atoms with van der Waals surface area (Å²) >= 11 is 3.31. The van der Waals surface area contributed by atoms with Crippen LogP contribution in [0.2, 0.25) is 0 Å². The lowest BCUT2D eigenvalue weighted by molar-refractivity contribution is 0.587. The minimum atomic E-state index is -3.46. The van der Waals surface area contributed by atoms with Crippen molar-refractivity contribution in [3.05, 3.63) is 52.6 Å². The predicted octanol–water partition coefficient (Wildman–Crippen LogP) is 2.36. The second-order valence-electron chi connectivity index (χ2n) is 4.03. The van der Waals surface area contributed by atoms with Crippen molar-refractivity contribution in [3.8, 4) is 0 Å². The Morgan fingerprint density at radius 3 is 2.60 bits per heavy atom. The molecular weight excluding hydrogens is 342 g/mol. The maximum Gasteiger partial charge on any atom is 0.240 e. The first-order valence-corrected chi connectivity index (χ1v) is 8.17. The predicted molar refractivity (Wildman–Crippen MR) is 82.0 cm³/mol. The zero-order valence-corrected chi connectivity index (χ0v) is 13.2. The third-order valence-corrected chi connectivity index (χ3v) is 4.70. The molecule has 20 heavy (non-hydrogen) atoms. The monoisotopic (exact) mass is 355 g/mol. The van der Waals surface area contributed by atoms with Crippen LogP contribution in [0, 0.1) is 0 Å². The Morgan fingerprint density at radius 2 is 1.95 bits per heavy atom. The minimum absolute atomic E-state index is 0.270. The number of sulfonamides is 1. The smallest absolute Gasteiger partial charge is 0.240 e. The summed E-state index contributed by atoms with van der Waals surface area (Å²) in [5, 5.41) is 3.10. The van der Waals surface area contributed by atoms with Gasteiger partial charge in [-0.2, -0.15) is 0 Å². The highest BCUT2D eigenvalue weighted by Gasteiger charge is 2.15. The third kappa shape index (κ3) is 3.56. The van der Waals surface area contributed by atoms with Crippen LogP contribution in [0.3, 0.4) is 0 Å². The highest BCUT2D eigenvalue weighted by Crippen LogP contribution is 2.17. The molecule has 1 heterocycles. The number of hydrogen-bond acceptors (Lipinski definition) is 4. The van der Waals surface area contributed by atoms with Gasteiger partial charge < -0.3 is 5.32 Å². The molecule has 0 fully saturated rings. The van der Waals surface area contributed by atoms with E-state index in [0.717, 1.165) is 4.47 Å². The largest absolute Gasteiger partial charge is 0.366 e. The van der Waals surface area contributed by atoms with Crippen molar-refractivity contribution in [1.29, 1.82) is 0 Å². The number of aromatic nitrogens is 1. The lowest BCUT2D eigenvalue weighted by Crippen LogP contribution is -2.20. The number of anilines is 1. The first kappa shape index (κ1) is 15.0. The van der Waals surface area contributed by atoms with Crippen LogP contribution in [-0.4, -0.2) is 20.4 Å². The summed E-state index contributed by atoms with van der Waals surface area (Å²) in [6.45, 7) is 0.381. The van der Waals surface area contributed by atoms with Crippen LogP contribution in [-0.2, 0) is 16.6 Å². The minimum Gasteiger partial charge on any atom is -0.366 e. The summed E-state index contributed by atoms with van der Waals surface area (Å²) in [7, 11) is -2.06. The van der Waals surface area contributed by atoms with E-state index in [1.54, 1.807) is 30.5 Å². The molecule has 2 rings (SSSR count). The van der Waals surface area contributed by atoms with Gasteiger partial charge in [0.05, 0.1) is 4.90 Å². The van der Waals surface area contributed by atoms with Crippen molar-refractivity contribution >= 4 is 31.8 Å². The van der Waals surface area contributed by atoms with Crippen molar-refractivity contribution in [2.75, 3.05) is 12.4 Å². The van der Waals surface area contributed by atoms with E-state index < -0.39 is 10.0 Å². The maximum absolute atomic E-state index is 11.9. The molecule has 2 N–H and O–H groups in total. The number of rotatable bonds is 5. The van der Waals surface area contributed by atoms with E-state index in [1.165, 1.54) is 7.05 Å². The molecular formula is C13H14BrN3O2S. The summed E-state index contributed by atoms with van der Waals surface area (Å²) in [5.74, 6) is 0.685. The molecule has 0 radical (unpaired) electrons. The topological polar surface area (TPSA) is 71.1 Å². The van der Waals surface area contributed by atoms with Crippen molar-refractivity contribution in [1.82, 2.24) is 9.71 Å². The van der Waals surface area contributed by atoms with E-state index in [0.29, 0.717) is 17.9 Å². The molecule has 0 aliphatic heterocycles. The van der Waals surface area contributed by atoms with Crippen LogP contribution in [0.15, 0.2) is 52.0 Å². The highest BCUT2D eigenvalue weighted by molar-refractivity contribution is 9.10. The van der Waals surface area contributed by atoms with Gasteiger partial charge in [0.15, 0.2) is 0 Å². The number of pyridine rings is 1. The molecule has 0 bridgehead atoms. The summed E-state index contributed by atoms with van der Waals surface area (Å²) in [5.41, 5.74) is 0.687. The van der Waals surface area contributed by atoms with Crippen LogP contribution < -0.4 is 10.0 Å². The molecule has 106 valence electrons. The fourth-order valence-corrected chi connectivity index (χ4v) is 2.89. The van der Waals surface area contributed by atoms with Crippen molar-refractivity contribution in [2.24, 2.45) is 0 Å². The Balaban J connectivity index is 2.20. The molecule has 7 heteroatoms. The molecule has 0 aliphatic rings. The highest BCUT2D eigenvalue weighted by atomic mass is 79.9. The average Bonchev–Trinajstić information content (AvgIpc) is 2.47. The van der Waals surface area contributed by atoms with Gasteiger partial charge in [0, 0.05) is 17.2 Å². The Kier molecular flexibility index (Phi) is 4.74. The van der Waals surface area contributed by atoms with Gasteiger partial charge in [-0.1, -0.05) is 18.2 Å². The summed E-state index contributed by atoms with van der Waals surface area (Å²) in [6.07, 6.45) is 1.68.